The lowest BCUT2D eigenvalue weighted by Gasteiger charge is -2.41. The van der Waals surface area contributed by atoms with Crippen molar-refractivity contribution in [2.75, 3.05) is 6.61 Å². The average molecular weight is 465 g/mol. The van der Waals surface area contributed by atoms with Crippen molar-refractivity contribution in [3.8, 4) is 11.1 Å². The Hall–Kier alpha value is -3.35. The van der Waals surface area contributed by atoms with Crippen molar-refractivity contribution in [3.63, 3.8) is 0 Å². The van der Waals surface area contributed by atoms with Gasteiger partial charge < -0.3 is 20.5 Å². The lowest BCUT2D eigenvalue weighted by molar-refractivity contribution is -0.137. The molecule has 2 aliphatic rings. The summed E-state index contributed by atoms with van der Waals surface area (Å²) in [6.45, 7) is 3.76. The predicted molar refractivity (Wildman–Crippen MR) is 128 cm³/mol. The number of hydrogen-bond acceptors (Lipinski definition) is 4. The summed E-state index contributed by atoms with van der Waals surface area (Å²) in [4.78, 5) is 36.8. The molecule has 3 N–H and O–H groups in total. The number of aliphatic carboxylic acids is 1. The van der Waals surface area contributed by atoms with Gasteiger partial charge >= 0.3 is 12.1 Å². The SMILES string of the molecule is C[C@H](CC(=O)O)NC(=O)C1CCCCC1(C)NC(=O)OCC1c2ccccc2-c2ccccc21. The first-order chi connectivity index (χ1) is 16.3. The number of carboxylic acid groups (broad SMARTS) is 1. The monoisotopic (exact) mass is 464 g/mol. The van der Waals surface area contributed by atoms with Gasteiger partial charge in [0.05, 0.1) is 17.9 Å². The Morgan fingerprint density at radius 2 is 1.68 bits per heavy atom. The van der Waals surface area contributed by atoms with E-state index in [9.17, 15) is 14.4 Å². The lowest BCUT2D eigenvalue weighted by Crippen LogP contribution is -2.58. The number of carboxylic acids is 1. The molecule has 2 unspecified atom stereocenters. The maximum absolute atomic E-state index is 12.9. The largest absolute Gasteiger partial charge is 0.481 e. The molecule has 2 aromatic rings. The van der Waals surface area contributed by atoms with Crippen LogP contribution in [0.2, 0.25) is 0 Å². The van der Waals surface area contributed by atoms with Crippen LogP contribution >= 0.6 is 0 Å². The van der Waals surface area contributed by atoms with Gasteiger partial charge in [0.2, 0.25) is 5.91 Å². The first-order valence-electron chi connectivity index (χ1n) is 11.9. The first kappa shape index (κ1) is 23.8. The summed E-state index contributed by atoms with van der Waals surface area (Å²) in [6, 6.07) is 15.9. The van der Waals surface area contributed by atoms with Crippen molar-refractivity contribution in [1.82, 2.24) is 10.6 Å². The van der Waals surface area contributed by atoms with Crippen molar-refractivity contribution >= 4 is 18.0 Å². The molecule has 3 atom stereocenters. The maximum Gasteiger partial charge on any atom is 0.407 e. The molecule has 2 amide bonds. The third-order valence-electron chi connectivity index (χ3n) is 7.13. The topological polar surface area (TPSA) is 105 Å². The Bertz CT molecular complexity index is 1040. The van der Waals surface area contributed by atoms with Crippen LogP contribution in [0.4, 0.5) is 4.79 Å². The maximum atomic E-state index is 12.9. The van der Waals surface area contributed by atoms with Crippen LogP contribution in [0, 0.1) is 5.92 Å². The van der Waals surface area contributed by atoms with E-state index in [4.69, 9.17) is 9.84 Å². The van der Waals surface area contributed by atoms with E-state index in [0.29, 0.717) is 12.8 Å². The van der Waals surface area contributed by atoms with Crippen LogP contribution in [0.15, 0.2) is 48.5 Å². The van der Waals surface area contributed by atoms with E-state index in [1.807, 2.05) is 31.2 Å². The fraction of sp³-hybridized carbons (Fsp3) is 0.444. The zero-order chi connectivity index (χ0) is 24.3. The van der Waals surface area contributed by atoms with E-state index in [0.717, 1.165) is 24.0 Å². The van der Waals surface area contributed by atoms with Gasteiger partial charge in [0.15, 0.2) is 0 Å². The predicted octanol–water partition coefficient (Wildman–Crippen LogP) is 4.45. The molecule has 0 heterocycles. The molecule has 0 spiro atoms. The molecule has 0 saturated heterocycles. The molecule has 4 rings (SSSR count). The van der Waals surface area contributed by atoms with Crippen molar-refractivity contribution in [2.24, 2.45) is 5.92 Å². The van der Waals surface area contributed by atoms with E-state index in [-0.39, 0.29) is 24.9 Å². The van der Waals surface area contributed by atoms with Crippen LogP contribution in [-0.2, 0) is 14.3 Å². The molecule has 34 heavy (non-hydrogen) atoms. The van der Waals surface area contributed by atoms with E-state index >= 15 is 0 Å². The third-order valence-corrected chi connectivity index (χ3v) is 7.13. The van der Waals surface area contributed by atoms with E-state index in [1.54, 1.807) is 6.92 Å². The van der Waals surface area contributed by atoms with Crippen molar-refractivity contribution in [3.05, 3.63) is 59.7 Å². The molecule has 7 nitrogen and oxygen atoms in total. The summed E-state index contributed by atoms with van der Waals surface area (Å²) < 4.78 is 5.71. The number of rotatable bonds is 7. The van der Waals surface area contributed by atoms with Gasteiger partial charge in [0.1, 0.15) is 6.61 Å². The molecule has 0 aromatic heterocycles. The number of carbonyl (C=O) groups is 3. The van der Waals surface area contributed by atoms with E-state index in [2.05, 4.69) is 34.9 Å². The number of fused-ring (bicyclic) bond motifs is 3. The van der Waals surface area contributed by atoms with Gasteiger partial charge in [-0.05, 0) is 48.9 Å². The van der Waals surface area contributed by atoms with Gasteiger partial charge in [0.25, 0.3) is 0 Å². The highest BCUT2D eigenvalue weighted by Gasteiger charge is 2.43. The number of benzene rings is 2. The summed E-state index contributed by atoms with van der Waals surface area (Å²) in [5.74, 6) is -1.67. The van der Waals surface area contributed by atoms with Crippen molar-refractivity contribution < 1.29 is 24.2 Å². The minimum atomic E-state index is -0.962. The molecule has 0 bridgehead atoms. The van der Waals surface area contributed by atoms with Gasteiger partial charge in [-0.1, -0.05) is 61.4 Å². The molecule has 1 fully saturated rings. The van der Waals surface area contributed by atoms with Crippen LogP contribution in [0.1, 0.15) is 63.0 Å². The molecule has 7 heteroatoms. The van der Waals surface area contributed by atoms with Gasteiger partial charge in [-0.3, -0.25) is 9.59 Å². The summed E-state index contributed by atoms with van der Waals surface area (Å²) in [5, 5.41) is 14.7. The standard InChI is InChI=1S/C27H32N2O5/c1-17(15-24(30)31)28-25(32)23-13-7-8-14-27(23,2)29-26(33)34-16-22-20-11-5-3-9-18(20)19-10-4-6-12-21(19)22/h3-6,9-12,17,22-23H,7-8,13-16H2,1-2H3,(H,28,32)(H,29,33)(H,30,31)/t17-,23?,27?/m1/s1. The quantitative estimate of drug-likeness (QED) is 0.561. The summed E-state index contributed by atoms with van der Waals surface area (Å²) in [5.41, 5.74) is 3.86. The smallest absolute Gasteiger partial charge is 0.407 e. The second-order valence-corrected chi connectivity index (χ2v) is 9.67. The Labute approximate surface area is 199 Å². The number of ether oxygens (including phenoxy) is 1. The molecule has 0 radical (unpaired) electrons. The Kier molecular flexibility index (Phi) is 6.91. The van der Waals surface area contributed by atoms with Crippen LogP contribution in [0.5, 0.6) is 0 Å². The Morgan fingerprint density at radius 1 is 1.06 bits per heavy atom. The first-order valence-corrected chi connectivity index (χ1v) is 11.9. The number of carbonyl (C=O) groups excluding carboxylic acids is 2. The second kappa shape index (κ2) is 9.87. The molecule has 0 aliphatic heterocycles. The van der Waals surface area contributed by atoms with Gasteiger partial charge in [0, 0.05) is 12.0 Å². The Balaban J connectivity index is 1.41. The van der Waals surface area contributed by atoms with Crippen LogP contribution in [0.3, 0.4) is 0 Å². The van der Waals surface area contributed by atoms with E-state index in [1.165, 1.54) is 11.1 Å². The van der Waals surface area contributed by atoms with Crippen molar-refractivity contribution in [2.45, 2.75) is 63.5 Å². The number of nitrogens with one attached hydrogen (secondary N) is 2. The minimum absolute atomic E-state index is 0.0340. The second-order valence-electron chi connectivity index (χ2n) is 9.67. The molecule has 1 saturated carbocycles. The zero-order valence-corrected chi connectivity index (χ0v) is 19.7. The third kappa shape index (κ3) is 4.93. The van der Waals surface area contributed by atoms with Crippen molar-refractivity contribution in [1.29, 1.82) is 0 Å². The summed E-state index contributed by atoms with van der Waals surface area (Å²) >= 11 is 0. The number of hydrogen-bond donors (Lipinski definition) is 3. The van der Waals surface area contributed by atoms with E-state index < -0.39 is 29.6 Å². The Morgan fingerprint density at radius 3 is 2.29 bits per heavy atom. The normalized spacial score (nSPS) is 22.2. The molecule has 2 aliphatic carbocycles. The lowest BCUT2D eigenvalue weighted by atomic mass is 9.73. The fourth-order valence-electron chi connectivity index (χ4n) is 5.43. The highest BCUT2D eigenvalue weighted by molar-refractivity contribution is 5.82. The number of amides is 2. The molecular formula is C27H32N2O5. The fourth-order valence-corrected chi connectivity index (χ4v) is 5.43. The zero-order valence-electron chi connectivity index (χ0n) is 19.7. The number of alkyl carbamates (subject to hydrolysis) is 1. The summed E-state index contributed by atoms with van der Waals surface area (Å²) in [7, 11) is 0. The average Bonchev–Trinajstić information content (AvgIpc) is 3.11. The van der Waals surface area contributed by atoms with Crippen LogP contribution < -0.4 is 10.6 Å². The highest BCUT2D eigenvalue weighted by Crippen LogP contribution is 2.44. The van der Waals surface area contributed by atoms with Gasteiger partial charge in [-0.15, -0.1) is 0 Å². The molecule has 2 aromatic carbocycles. The summed E-state index contributed by atoms with van der Waals surface area (Å²) in [6.07, 6.45) is 2.38. The van der Waals surface area contributed by atoms with Gasteiger partial charge in [-0.2, -0.15) is 0 Å². The van der Waals surface area contributed by atoms with Gasteiger partial charge in [-0.25, -0.2) is 4.79 Å². The van der Waals surface area contributed by atoms with Crippen LogP contribution in [-0.4, -0.2) is 41.3 Å². The highest BCUT2D eigenvalue weighted by atomic mass is 16.5. The van der Waals surface area contributed by atoms with Crippen LogP contribution in [0.25, 0.3) is 11.1 Å². The molecular weight excluding hydrogens is 432 g/mol. The molecule has 180 valence electrons. The minimum Gasteiger partial charge on any atom is -0.481 e.